The molecule has 0 bridgehead atoms. The molecule has 3 aromatic rings. The fourth-order valence-corrected chi connectivity index (χ4v) is 3.91. The average Bonchev–Trinajstić information content (AvgIpc) is 2.75. The van der Waals surface area contributed by atoms with Crippen molar-refractivity contribution in [2.24, 2.45) is 5.92 Å². The quantitative estimate of drug-likeness (QED) is 0.609. The molecule has 2 heteroatoms. The number of benzene rings is 3. The molecule has 3 aromatic carbocycles. The van der Waals surface area contributed by atoms with E-state index in [1.54, 1.807) is 0 Å². The summed E-state index contributed by atoms with van der Waals surface area (Å²) in [5, 5.41) is 0. The first-order valence-corrected chi connectivity index (χ1v) is 9.78. The summed E-state index contributed by atoms with van der Waals surface area (Å²) < 4.78 is 0. The summed E-state index contributed by atoms with van der Waals surface area (Å²) in [5.41, 5.74) is 4.52. The molecular weight excluding hydrogens is 330 g/mol. The molecule has 1 saturated heterocycles. The first-order chi connectivity index (χ1) is 13.3. The van der Waals surface area contributed by atoms with E-state index in [2.05, 4.69) is 42.5 Å². The lowest BCUT2D eigenvalue weighted by Crippen LogP contribution is -2.38. The molecule has 27 heavy (non-hydrogen) atoms. The van der Waals surface area contributed by atoms with Gasteiger partial charge in [0.1, 0.15) is 0 Å². The zero-order valence-electron chi connectivity index (χ0n) is 15.6. The minimum atomic E-state index is 0.160. The number of nitrogens with zero attached hydrogens (tertiary/aromatic N) is 1. The topological polar surface area (TPSA) is 20.3 Å². The summed E-state index contributed by atoms with van der Waals surface area (Å²) >= 11 is 0. The van der Waals surface area contributed by atoms with Gasteiger partial charge in [-0.25, -0.2) is 0 Å². The Morgan fingerprint density at radius 3 is 1.93 bits per heavy atom. The lowest BCUT2D eigenvalue weighted by molar-refractivity contribution is 0.0690. The highest BCUT2D eigenvalue weighted by Gasteiger charge is 2.23. The van der Waals surface area contributed by atoms with Crippen molar-refractivity contribution in [3.8, 4) is 11.1 Å². The van der Waals surface area contributed by atoms with E-state index in [-0.39, 0.29) is 5.91 Å². The minimum Gasteiger partial charge on any atom is -0.339 e. The van der Waals surface area contributed by atoms with Gasteiger partial charge in [0, 0.05) is 18.7 Å². The zero-order valence-corrected chi connectivity index (χ0v) is 15.6. The monoisotopic (exact) mass is 355 g/mol. The Kier molecular flexibility index (Phi) is 5.34. The summed E-state index contributed by atoms with van der Waals surface area (Å²) in [6.07, 6.45) is 3.29. The third kappa shape index (κ3) is 4.28. The number of hydrogen-bond donors (Lipinski definition) is 0. The number of amides is 1. The molecule has 2 nitrogen and oxygen atoms in total. The van der Waals surface area contributed by atoms with E-state index in [9.17, 15) is 4.79 Å². The first kappa shape index (κ1) is 17.5. The Hall–Kier alpha value is -2.87. The van der Waals surface area contributed by atoms with Gasteiger partial charge >= 0.3 is 0 Å². The zero-order chi connectivity index (χ0) is 18.5. The molecule has 136 valence electrons. The third-order valence-corrected chi connectivity index (χ3v) is 5.51. The molecule has 0 unspecified atom stereocenters. The van der Waals surface area contributed by atoms with Gasteiger partial charge in [0.2, 0.25) is 0 Å². The van der Waals surface area contributed by atoms with Crippen LogP contribution >= 0.6 is 0 Å². The number of likely N-dealkylation sites (tertiary alicyclic amines) is 1. The van der Waals surface area contributed by atoms with Gasteiger partial charge in [0.15, 0.2) is 0 Å². The van der Waals surface area contributed by atoms with Crippen LogP contribution in [0.4, 0.5) is 0 Å². The van der Waals surface area contributed by atoms with Crippen LogP contribution in [0.1, 0.15) is 28.8 Å². The van der Waals surface area contributed by atoms with Gasteiger partial charge in [-0.15, -0.1) is 0 Å². The second-order valence-electron chi connectivity index (χ2n) is 7.37. The maximum Gasteiger partial charge on any atom is 0.253 e. The van der Waals surface area contributed by atoms with Crippen LogP contribution in [0, 0.1) is 5.92 Å². The highest BCUT2D eigenvalue weighted by Crippen LogP contribution is 2.24. The standard InChI is InChI=1S/C25H25NO/c27-25(24-13-11-23(12-14-24)22-9-5-2-6-10-22)26-17-15-21(16-18-26)19-20-7-3-1-4-8-20/h1-14,21H,15-19H2. The summed E-state index contributed by atoms with van der Waals surface area (Å²) in [5.74, 6) is 0.838. The molecule has 0 spiro atoms. The fourth-order valence-electron chi connectivity index (χ4n) is 3.91. The van der Waals surface area contributed by atoms with Crippen molar-refractivity contribution in [2.45, 2.75) is 19.3 Å². The molecule has 0 N–H and O–H groups in total. The van der Waals surface area contributed by atoms with E-state index in [0.29, 0.717) is 5.92 Å². The van der Waals surface area contributed by atoms with Crippen LogP contribution < -0.4 is 0 Å². The van der Waals surface area contributed by atoms with Crippen molar-refractivity contribution >= 4 is 5.91 Å². The fraction of sp³-hybridized carbons (Fsp3) is 0.240. The van der Waals surface area contributed by atoms with E-state index in [1.807, 2.05) is 47.4 Å². The van der Waals surface area contributed by atoms with Gasteiger partial charge < -0.3 is 4.90 Å². The van der Waals surface area contributed by atoms with E-state index in [1.165, 1.54) is 11.1 Å². The number of piperidine rings is 1. The summed E-state index contributed by atoms with van der Waals surface area (Å²) in [7, 11) is 0. The maximum absolute atomic E-state index is 12.8. The molecule has 0 radical (unpaired) electrons. The maximum atomic E-state index is 12.8. The van der Waals surface area contributed by atoms with E-state index < -0.39 is 0 Å². The van der Waals surface area contributed by atoms with Gasteiger partial charge in [-0.2, -0.15) is 0 Å². The van der Waals surface area contributed by atoms with Gasteiger partial charge in [-0.1, -0.05) is 72.8 Å². The van der Waals surface area contributed by atoms with Gasteiger partial charge in [0.05, 0.1) is 0 Å². The molecule has 1 amide bonds. The Morgan fingerprint density at radius 2 is 1.30 bits per heavy atom. The van der Waals surface area contributed by atoms with Crippen LogP contribution in [0.2, 0.25) is 0 Å². The predicted molar refractivity (Wildman–Crippen MR) is 111 cm³/mol. The SMILES string of the molecule is O=C(c1ccc(-c2ccccc2)cc1)N1CCC(Cc2ccccc2)CC1. The van der Waals surface area contributed by atoms with Crippen molar-refractivity contribution in [1.82, 2.24) is 4.90 Å². The predicted octanol–water partition coefficient (Wildman–Crippen LogP) is 5.45. The van der Waals surface area contributed by atoms with Gasteiger partial charge in [0.25, 0.3) is 5.91 Å². The second kappa shape index (κ2) is 8.22. The molecule has 4 rings (SSSR count). The molecule has 1 aliphatic rings. The van der Waals surface area contributed by atoms with E-state index in [4.69, 9.17) is 0 Å². The number of carbonyl (C=O) groups is 1. The molecule has 0 aromatic heterocycles. The second-order valence-corrected chi connectivity index (χ2v) is 7.37. The van der Waals surface area contributed by atoms with Crippen LogP contribution in [-0.2, 0) is 6.42 Å². The van der Waals surface area contributed by atoms with Crippen LogP contribution in [-0.4, -0.2) is 23.9 Å². The molecule has 1 aliphatic heterocycles. The number of carbonyl (C=O) groups excluding carboxylic acids is 1. The third-order valence-electron chi connectivity index (χ3n) is 5.51. The lowest BCUT2D eigenvalue weighted by atomic mass is 9.90. The van der Waals surface area contributed by atoms with Crippen molar-refractivity contribution in [1.29, 1.82) is 0 Å². The van der Waals surface area contributed by atoms with Crippen LogP contribution in [0.25, 0.3) is 11.1 Å². The minimum absolute atomic E-state index is 0.160. The largest absolute Gasteiger partial charge is 0.339 e. The van der Waals surface area contributed by atoms with Gasteiger partial charge in [-0.05, 0) is 54.0 Å². The number of hydrogen-bond acceptors (Lipinski definition) is 1. The molecule has 1 fully saturated rings. The van der Waals surface area contributed by atoms with E-state index in [0.717, 1.165) is 43.5 Å². The summed E-state index contributed by atoms with van der Waals surface area (Å²) in [6.45, 7) is 1.72. The highest BCUT2D eigenvalue weighted by molar-refractivity contribution is 5.94. The van der Waals surface area contributed by atoms with E-state index >= 15 is 0 Å². The lowest BCUT2D eigenvalue weighted by Gasteiger charge is -2.32. The Morgan fingerprint density at radius 1 is 0.741 bits per heavy atom. The number of rotatable bonds is 4. The van der Waals surface area contributed by atoms with Crippen LogP contribution in [0.5, 0.6) is 0 Å². The Bertz CT molecular complexity index is 863. The van der Waals surface area contributed by atoms with Crippen LogP contribution in [0.15, 0.2) is 84.9 Å². The normalized spacial score (nSPS) is 14.9. The highest BCUT2D eigenvalue weighted by atomic mass is 16.2. The summed E-state index contributed by atoms with van der Waals surface area (Å²) in [4.78, 5) is 14.9. The average molecular weight is 355 g/mol. The summed E-state index contributed by atoms with van der Waals surface area (Å²) in [6, 6.07) is 29.0. The Balaban J connectivity index is 1.35. The smallest absolute Gasteiger partial charge is 0.253 e. The van der Waals surface area contributed by atoms with Gasteiger partial charge in [-0.3, -0.25) is 4.79 Å². The molecule has 1 heterocycles. The molecule has 0 atom stereocenters. The van der Waals surface area contributed by atoms with Crippen molar-refractivity contribution in [3.05, 3.63) is 96.1 Å². The van der Waals surface area contributed by atoms with Crippen molar-refractivity contribution in [3.63, 3.8) is 0 Å². The molecular formula is C25H25NO. The first-order valence-electron chi connectivity index (χ1n) is 9.78. The molecule has 0 aliphatic carbocycles. The van der Waals surface area contributed by atoms with Crippen molar-refractivity contribution in [2.75, 3.05) is 13.1 Å². The Labute approximate surface area is 161 Å². The van der Waals surface area contributed by atoms with Crippen LogP contribution in [0.3, 0.4) is 0 Å². The van der Waals surface area contributed by atoms with Crippen molar-refractivity contribution < 1.29 is 4.79 Å². The molecule has 0 saturated carbocycles.